The van der Waals surface area contributed by atoms with Gasteiger partial charge in [0, 0.05) is 18.2 Å². The van der Waals surface area contributed by atoms with Gasteiger partial charge >= 0.3 is 6.09 Å². The molecule has 0 unspecified atom stereocenters. The van der Waals surface area contributed by atoms with Crippen LogP contribution >= 0.6 is 22.9 Å². The molecule has 1 amide bonds. The summed E-state index contributed by atoms with van der Waals surface area (Å²) in [6.45, 7) is 0. The zero-order chi connectivity index (χ0) is 19.4. The van der Waals surface area contributed by atoms with Crippen molar-refractivity contribution in [3.8, 4) is 0 Å². The van der Waals surface area contributed by atoms with Gasteiger partial charge in [0.2, 0.25) is 10.0 Å². The zero-order valence-corrected chi connectivity index (χ0v) is 16.5. The van der Waals surface area contributed by atoms with E-state index in [0.717, 1.165) is 17.8 Å². The van der Waals surface area contributed by atoms with E-state index >= 15 is 0 Å². The van der Waals surface area contributed by atoms with Gasteiger partial charge in [0.25, 0.3) is 0 Å². The molecule has 0 radical (unpaired) electrons. The first-order valence-electron chi connectivity index (χ1n) is 8.33. The number of carbonyl (C=O) groups is 1. The van der Waals surface area contributed by atoms with Crippen LogP contribution in [0.4, 0.5) is 14.9 Å². The highest BCUT2D eigenvalue weighted by Crippen LogP contribution is 2.28. The number of benzene rings is 1. The first-order chi connectivity index (χ1) is 12.8. The van der Waals surface area contributed by atoms with E-state index < -0.39 is 28.0 Å². The molecule has 2 atom stereocenters. The van der Waals surface area contributed by atoms with Crippen LogP contribution < -0.4 is 10.0 Å². The molecule has 1 saturated carbocycles. The molecule has 2 aromatic rings. The monoisotopic (exact) mass is 432 g/mol. The normalized spacial score (nSPS) is 20.2. The molecule has 1 aromatic carbocycles. The van der Waals surface area contributed by atoms with Crippen LogP contribution in [0.3, 0.4) is 0 Å². The number of nitrogens with one attached hydrogen (secondary N) is 2. The maximum atomic E-state index is 12.9. The number of halogens is 2. The summed E-state index contributed by atoms with van der Waals surface area (Å²) in [5, 5.41) is 2.53. The van der Waals surface area contributed by atoms with Crippen molar-refractivity contribution < 1.29 is 22.3 Å². The Morgan fingerprint density at radius 2 is 1.93 bits per heavy atom. The van der Waals surface area contributed by atoms with Gasteiger partial charge in [-0.25, -0.2) is 22.3 Å². The minimum Gasteiger partial charge on any atom is -0.446 e. The molecule has 1 aliphatic rings. The molecule has 0 saturated heterocycles. The van der Waals surface area contributed by atoms with Crippen molar-refractivity contribution in [1.29, 1.82) is 0 Å². The number of sulfonamides is 1. The van der Waals surface area contributed by atoms with Crippen molar-refractivity contribution in [1.82, 2.24) is 4.72 Å². The number of hydrogen-bond acceptors (Lipinski definition) is 5. The van der Waals surface area contributed by atoms with Gasteiger partial charge in [-0.05, 0) is 55.7 Å². The average molecular weight is 433 g/mol. The number of anilines is 1. The topological polar surface area (TPSA) is 84.5 Å². The van der Waals surface area contributed by atoms with E-state index in [1.54, 1.807) is 0 Å². The Balaban J connectivity index is 1.54. The molecule has 1 fully saturated rings. The van der Waals surface area contributed by atoms with Gasteiger partial charge in [-0.3, -0.25) is 5.32 Å². The van der Waals surface area contributed by atoms with Gasteiger partial charge in [0.1, 0.15) is 16.1 Å². The van der Waals surface area contributed by atoms with Gasteiger partial charge in [0.15, 0.2) is 0 Å². The highest BCUT2D eigenvalue weighted by molar-refractivity contribution is 7.91. The van der Waals surface area contributed by atoms with Crippen LogP contribution in [-0.4, -0.2) is 26.7 Å². The largest absolute Gasteiger partial charge is 0.446 e. The molecule has 1 aliphatic carbocycles. The molecule has 146 valence electrons. The molecule has 27 heavy (non-hydrogen) atoms. The van der Waals surface area contributed by atoms with Crippen LogP contribution in [0.2, 0.25) is 4.34 Å². The van der Waals surface area contributed by atoms with Gasteiger partial charge < -0.3 is 4.74 Å². The molecule has 2 N–H and O–H groups in total. The van der Waals surface area contributed by atoms with Gasteiger partial charge in [-0.15, -0.1) is 11.3 Å². The number of thiophene rings is 1. The fourth-order valence-corrected chi connectivity index (χ4v) is 5.69. The lowest BCUT2D eigenvalue weighted by Crippen LogP contribution is -2.41. The van der Waals surface area contributed by atoms with E-state index in [-0.39, 0.29) is 10.3 Å². The third-order valence-electron chi connectivity index (χ3n) is 4.13. The fourth-order valence-electron chi connectivity index (χ4n) is 2.91. The summed E-state index contributed by atoms with van der Waals surface area (Å²) in [6, 6.07) is 8.00. The van der Waals surface area contributed by atoms with E-state index in [1.165, 1.54) is 36.4 Å². The predicted molar refractivity (Wildman–Crippen MR) is 102 cm³/mol. The minimum atomic E-state index is -3.65. The molecular weight excluding hydrogens is 415 g/mol. The van der Waals surface area contributed by atoms with Crippen molar-refractivity contribution in [2.24, 2.45) is 0 Å². The first-order valence-corrected chi connectivity index (χ1v) is 11.0. The van der Waals surface area contributed by atoms with Crippen molar-refractivity contribution >= 4 is 44.7 Å². The average Bonchev–Trinajstić information content (AvgIpc) is 3.04. The Morgan fingerprint density at radius 3 is 2.59 bits per heavy atom. The molecular formula is C17H18ClFN2O4S2. The van der Waals surface area contributed by atoms with Crippen molar-refractivity contribution in [3.63, 3.8) is 0 Å². The Bertz CT molecular complexity index is 902. The summed E-state index contributed by atoms with van der Waals surface area (Å²) in [6.07, 6.45) is 1.37. The standard InChI is InChI=1S/C17H18ClFN2O4S2/c18-15-8-9-16(26-15)27(23,24)21-13-2-1-3-14(10-13)25-17(22)20-12-6-4-11(19)5-7-12/h4-9,13-14,21H,1-3,10H2,(H,20,22)/t13-,14+/m0/s1. The summed E-state index contributed by atoms with van der Waals surface area (Å²) < 4.78 is 46.3. The van der Waals surface area contributed by atoms with E-state index in [1.807, 2.05) is 0 Å². The van der Waals surface area contributed by atoms with Gasteiger partial charge in [0.05, 0.1) is 4.34 Å². The third-order valence-corrected chi connectivity index (χ3v) is 7.37. The van der Waals surface area contributed by atoms with Crippen molar-refractivity contribution in [2.75, 3.05) is 5.32 Å². The molecule has 0 spiro atoms. The molecule has 6 nitrogen and oxygen atoms in total. The Morgan fingerprint density at radius 1 is 1.19 bits per heavy atom. The minimum absolute atomic E-state index is 0.157. The lowest BCUT2D eigenvalue weighted by Gasteiger charge is -2.29. The zero-order valence-electron chi connectivity index (χ0n) is 14.2. The molecule has 10 heteroatoms. The van der Waals surface area contributed by atoms with Crippen LogP contribution in [0.1, 0.15) is 25.7 Å². The smallest absolute Gasteiger partial charge is 0.411 e. The predicted octanol–water partition coefficient (Wildman–Crippen LogP) is 4.38. The Kier molecular flexibility index (Phi) is 6.36. The van der Waals surface area contributed by atoms with E-state index in [4.69, 9.17) is 16.3 Å². The lowest BCUT2D eigenvalue weighted by molar-refractivity contribution is 0.0793. The Labute approximate surface area is 165 Å². The van der Waals surface area contributed by atoms with Crippen LogP contribution in [0.5, 0.6) is 0 Å². The third kappa shape index (κ3) is 5.65. The second-order valence-electron chi connectivity index (χ2n) is 6.20. The second kappa shape index (κ2) is 8.55. The SMILES string of the molecule is O=C(Nc1ccc(F)cc1)O[C@@H]1CCC[C@H](NS(=O)(=O)c2ccc(Cl)s2)C1. The number of ether oxygens (including phenoxy) is 1. The van der Waals surface area contributed by atoms with Crippen LogP contribution in [0.25, 0.3) is 0 Å². The Hall–Kier alpha value is -1.68. The van der Waals surface area contributed by atoms with E-state index in [9.17, 15) is 17.6 Å². The van der Waals surface area contributed by atoms with Crippen LogP contribution in [0.15, 0.2) is 40.6 Å². The summed E-state index contributed by atoms with van der Waals surface area (Å²) in [5.74, 6) is -0.400. The quantitative estimate of drug-likeness (QED) is 0.734. The molecule has 3 rings (SSSR count). The molecule has 0 aliphatic heterocycles. The maximum Gasteiger partial charge on any atom is 0.411 e. The maximum absolute atomic E-state index is 12.9. The summed E-state index contributed by atoms with van der Waals surface area (Å²) in [4.78, 5) is 12.0. The second-order valence-corrected chi connectivity index (χ2v) is 9.86. The van der Waals surface area contributed by atoms with Crippen molar-refractivity contribution in [2.45, 2.75) is 42.0 Å². The summed E-state index contributed by atoms with van der Waals surface area (Å²) in [5.41, 5.74) is 0.420. The lowest BCUT2D eigenvalue weighted by atomic mass is 9.94. The number of carbonyl (C=O) groups excluding carboxylic acids is 1. The summed E-state index contributed by atoms with van der Waals surface area (Å²) >= 11 is 6.80. The molecule has 1 aromatic heterocycles. The summed E-state index contributed by atoms with van der Waals surface area (Å²) in [7, 11) is -3.65. The van der Waals surface area contributed by atoms with Crippen molar-refractivity contribution in [3.05, 3.63) is 46.6 Å². The van der Waals surface area contributed by atoms with Crippen LogP contribution in [0, 0.1) is 5.82 Å². The highest BCUT2D eigenvalue weighted by atomic mass is 35.5. The molecule has 1 heterocycles. The highest BCUT2D eigenvalue weighted by Gasteiger charge is 2.29. The first kappa shape index (κ1) is 20.1. The number of hydrogen-bond donors (Lipinski definition) is 2. The number of amides is 1. The van der Waals surface area contributed by atoms with Gasteiger partial charge in [-0.2, -0.15) is 0 Å². The van der Waals surface area contributed by atoms with E-state index in [0.29, 0.717) is 29.3 Å². The fraction of sp³-hybridized carbons (Fsp3) is 0.353. The van der Waals surface area contributed by atoms with E-state index in [2.05, 4.69) is 10.0 Å². The van der Waals surface area contributed by atoms with Crippen LogP contribution in [-0.2, 0) is 14.8 Å². The van der Waals surface area contributed by atoms with Gasteiger partial charge in [-0.1, -0.05) is 11.6 Å². The molecule has 0 bridgehead atoms. The number of rotatable bonds is 5.